The van der Waals surface area contributed by atoms with Gasteiger partial charge >= 0.3 is 0 Å². The highest BCUT2D eigenvalue weighted by Gasteiger charge is 2.12. The summed E-state index contributed by atoms with van der Waals surface area (Å²) in [7, 11) is 0. The Morgan fingerprint density at radius 3 is 2.48 bits per heavy atom. The van der Waals surface area contributed by atoms with Crippen LogP contribution >= 0.6 is 62.3 Å². The highest BCUT2D eigenvalue weighted by atomic mass is 79.9. The van der Waals surface area contributed by atoms with Crippen LogP contribution in [0.2, 0.25) is 10.0 Å². The van der Waals surface area contributed by atoms with Crippen molar-refractivity contribution in [3.63, 3.8) is 0 Å². The predicted molar refractivity (Wildman–Crippen MR) is 111 cm³/mol. The molecule has 1 heterocycles. The van der Waals surface area contributed by atoms with Crippen LogP contribution in [0.25, 0.3) is 0 Å². The molecule has 0 fully saturated rings. The summed E-state index contributed by atoms with van der Waals surface area (Å²) >= 11 is 26.5. The zero-order chi connectivity index (χ0) is 19.8. The van der Waals surface area contributed by atoms with E-state index in [2.05, 4.69) is 21.2 Å². The third-order valence-corrected chi connectivity index (χ3v) is 4.41. The predicted octanol–water partition coefficient (Wildman–Crippen LogP) is 6.25. The van der Waals surface area contributed by atoms with E-state index in [1.165, 1.54) is 6.08 Å². The third kappa shape index (κ3) is 7.47. The van der Waals surface area contributed by atoms with E-state index in [1.54, 1.807) is 24.3 Å². The summed E-state index contributed by atoms with van der Waals surface area (Å²) in [4.78, 5) is 11.8. The number of hydrogen-bond acceptors (Lipinski definition) is 4. The zero-order valence-corrected chi connectivity index (χ0v) is 18.3. The molecule has 5 nitrogen and oxygen atoms in total. The monoisotopic (exact) mass is 515 g/mol. The number of benzene rings is 1. The molecule has 0 unspecified atom stereocenters. The maximum Gasteiger partial charge on any atom is 0.287 e. The van der Waals surface area contributed by atoms with Crippen LogP contribution in [0.5, 0.6) is 11.5 Å². The first kappa shape index (κ1) is 22.2. The molecule has 2 aromatic rings. The van der Waals surface area contributed by atoms with Gasteiger partial charge in [0.2, 0.25) is 0 Å². The fourth-order valence-corrected chi connectivity index (χ4v) is 2.94. The van der Waals surface area contributed by atoms with Gasteiger partial charge in [0.1, 0.15) is 16.8 Å². The molecular weight excluding hydrogens is 504 g/mol. The summed E-state index contributed by atoms with van der Waals surface area (Å²) in [5.74, 6) is 0.733. The van der Waals surface area contributed by atoms with Crippen molar-refractivity contribution in [2.24, 2.45) is 0 Å². The molecule has 0 aliphatic rings. The molecule has 0 aliphatic heterocycles. The molecule has 146 valence electrons. The summed E-state index contributed by atoms with van der Waals surface area (Å²) in [5.41, 5.74) is 0. The lowest BCUT2D eigenvalue weighted by atomic mass is 10.3. The lowest BCUT2D eigenvalue weighted by Gasteiger charge is -2.12. The Morgan fingerprint density at radius 1 is 1.19 bits per heavy atom. The van der Waals surface area contributed by atoms with Crippen LogP contribution in [0.4, 0.5) is 0 Å². The van der Waals surface area contributed by atoms with E-state index in [1.807, 2.05) is 0 Å². The molecule has 1 aromatic carbocycles. The van der Waals surface area contributed by atoms with Crippen molar-refractivity contribution >= 4 is 68.2 Å². The Balaban J connectivity index is 1.78. The van der Waals surface area contributed by atoms with Gasteiger partial charge in [-0.3, -0.25) is 4.79 Å². The van der Waals surface area contributed by atoms with Gasteiger partial charge in [-0.05, 0) is 40.6 Å². The normalized spacial score (nSPS) is 10.4. The van der Waals surface area contributed by atoms with E-state index in [9.17, 15) is 4.79 Å². The van der Waals surface area contributed by atoms with Gasteiger partial charge in [0.05, 0.1) is 16.7 Å². The Morgan fingerprint density at radius 2 is 1.89 bits per heavy atom. The van der Waals surface area contributed by atoms with Crippen LogP contribution in [-0.4, -0.2) is 25.7 Å². The van der Waals surface area contributed by atoms with Crippen molar-refractivity contribution in [3.8, 4) is 11.5 Å². The molecule has 1 N–H and O–H groups in total. The zero-order valence-electron chi connectivity index (χ0n) is 13.7. The highest BCUT2D eigenvalue weighted by molar-refractivity contribution is 9.10. The molecule has 0 saturated heterocycles. The maximum atomic E-state index is 11.8. The topological polar surface area (TPSA) is 60.7 Å². The molecule has 0 aliphatic carbocycles. The minimum Gasteiger partial charge on any atom is -0.490 e. The van der Waals surface area contributed by atoms with E-state index in [0.717, 1.165) is 0 Å². The molecule has 1 aromatic heterocycles. The third-order valence-electron chi connectivity index (χ3n) is 3.11. The lowest BCUT2D eigenvalue weighted by Crippen LogP contribution is -2.25. The standard InChI is InChI=1S/C17H14BrCl4NO4/c18-14-3-2-13(27-14)17(24)23-5-1-6-26-16-11(19)8-10(9-12(16)20)25-7-4-15(21)22/h2-4,8-9H,1,5-7H2,(H,23,24). The number of carbonyl (C=O) groups is 1. The van der Waals surface area contributed by atoms with Crippen molar-refractivity contribution in [1.82, 2.24) is 5.32 Å². The largest absolute Gasteiger partial charge is 0.490 e. The maximum absolute atomic E-state index is 11.8. The second-order valence-electron chi connectivity index (χ2n) is 5.08. The fraction of sp³-hybridized carbons (Fsp3) is 0.235. The second-order valence-corrected chi connectivity index (χ2v) is 7.69. The number of carbonyl (C=O) groups excluding carboxylic acids is 1. The first-order valence-corrected chi connectivity index (χ1v) is 9.96. The minimum absolute atomic E-state index is 0.110. The van der Waals surface area contributed by atoms with Gasteiger partial charge in [-0.2, -0.15) is 0 Å². The van der Waals surface area contributed by atoms with Gasteiger partial charge in [-0.1, -0.05) is 46.4 Å². The number of nitrogens with one attached hydrogen (secondary N) is 1. The summed E-state index contributed by atoms with van der Waals surface area (Å²) in [5, 5.41) is 3.34. The number of rotatable bonds is 9. The molecule has 1 amide bonds. The number of amides is 1. The molecule has 0 saturated carbocycles. The molecule has 0 radical (unpaired) electrons. The summed E-state index contributed by atoms with van der Waals surface area (Å²) in [6, 6.07) is 6.39. The van der Waals surface area contributed by atoms with Crippen LogP contribution in [0.3, 0.4) is 0 Å². The second kappa shape index (κ2) is 11.1. The van der Waals surface area contributed by atoms with Crippen LogP contribution in [0, 0.1) is 0 Å². The van der Waals surface area contributed by atoms with Gasteiger partial charge in [0.15, 0.2) is 16.2 Å². The highest BCUT2D eigenvalue weighted by Crippen LogP contribution is 2.37. The first-order chi connectivity index (χ1) is 12.9. The molecular formula is C17H14BrCl4NO4. The first-order valence-electron chi connectivity index (χ1n) is 7.66. The Hall–Kier alpha value is -1.05. The van der Waals surface area contributed by atoms with E-state index in [-0.39, 0.29) is 22.8 Å². The Bertz CT molecular complexity index is 798. The van der Waals surface area contributed by atoms with Gasteiger partial charge in [-0.15, -0.1) is 0 Å². The molecule has 27 heavy (non-hydrogen) atoms. The van der Waals surface area contributed by atoms with E-state index >= 15 is 0 Å². The van der Waals surface area contributed by atoms with Crippen LogP contribution in [0.15, 0.2) is 43.9 Å². The smallest absolute Gasteiger partial charge is 0.287 e. The lowest BCUT2D eigenvalue weighted by molar-refractivity contribution is 0.0922. The van der Waals surface area contributed by atoms with Crippen LogP contribution < -0.4 is 14.8 Å². The van der Waals surface area contributed by atoms with Gasteiger partial charge in [0, 0.05) is 18.7 Å². The summed E-state index contributed by atoms with van der Waals surface area (Å²) in [6.07, 6.45) is 2.04. The van der Waals surface area contributed by atoms with Crippen LogP contribution in [-0.2, 0) is 0 Å². The van der Waals surface area contributed by atoms with Crippen molar-refractivity contribution in [2.45, 2.75) is 6.42 Å². The molecule has 2 rings (SSSR count). The molecule has 10 heteroatoms. The fourth-order valence-electron chi connectivity index (χ4n) is 1.93. The van der Waals surface area contributed by atoms with Crippen molar-refractivity contribution < 1.29 is 18.7 Å². The number of furan rings is 1. The number of hydrogen-bond donors (Lipinski definition) is 1. The SMILES string of the molecule is O=C(NCCCOc1c(Cl)cc(OCC=C(Cl)Cl)cc1Cl)c1ccc(Br)o1. The average Bonchev–Trinajstić information content (AvgIpc) is 3.02. The van der Waals surface area contributed by atoms with Gasteiger partial charge in [0.25, 0.3) is 5.91 Å². The van der Waals surface area contributed by atoms with Crippen LogP contribution in [0.1, 0.15) is 17.0 Å². The van der Waals surface area contributed by atoms with E-state index < -0.39 is 0 Å². The van der Waals surface area contributed by atoms with E-state index in [0.29, 0.717) is 45.8 Å². The molecule has 0 spiro atoms. The van der Waals surface area contributed by atoms with Crippen molar-refractivity contribution in [3.05, 3.63) is 55.3 Å². The Labute approximate surface area is 184 Å². The average molecular weight is 518 g/mol. The van der Waals surface area contributed by atoms with Gasteiger partial charge < -0.3 is 19.2 Å². The molecule has 0 atom stereocenters. The van der Waals surface area contributed by atoms with Crippen molar-refractivity contribution in [1.29, 1.82) is 0 Å². The van der Waals surface area contributed by atoms with Crippen molar-refractivity contribution in [2.75, 3.05) is 19.8 Å². The van der Waals surface area contributed by atoms with E-state index in [4.69, 9.17) is 60.3 Å². The number of halogens is 5. The Kier molecular flexibility index (Phi) is 9.12. The molecule has 0 bridgehead atoms. The quantitative estimate of drug-likeness (QED) is 0.400. The minimum atomic E-state index is -0.302. The summed E-state index contributed by atoms with van der Waals surface area (Å²) in [6.45, 7) is 0.895. The number of ether oxygens (including phenoxy) is 2. The summed E-state index contributed by atoms with van der Waals surface area (Å²) < 4.78 is 16.8. The van der Waals surface area contributed by atoms with Gasteiger partial charge in [-0.25, -0.2) is 0 Å².